The molecule has 4 aliphatic rings. The van der Waals surface area contributed by atoms with E-state index >= 15 is 0 Å². The Hall–Kier alpha value is -14.2. The largest absolute Gasteiger partial charge is 0.372 e. The third-order valence-corrected chi connectivity index (χ3v) is 28.3. The highest BCUT2D eigenvalue weighted by molar-refractivity contribution is 6.09. The topological polar surface area (TPSA) is 19.4 Å². The molecule has 0 aromatic heterocycles. The Bertz CT molecular complexity index is 6590. The zero-order valence-electron chi connectivity index (χ0n) is 78.5. The highest BCUT2D eigenvalue weighted by Gasteiger charge is 2.33. The van der Waals surface area contributed by atoms with E-state index in [4.69, 9.17) is 0 Å². The maximum atomic E-state index is 2.48. The minimum Gasteiger partial charge on any atom is -0.372 e. The van der Waals surface area contributed by atoms with Gasteiger partial charge in [-0.05, 0) is 288 Å². The number of nitrogens with zero attached hydrogens (tertiary/aromatic N) is 6. The van der Waals surface area contributed by atoms with Crippen LogP contribution in [0.3, 0.4) is 0 Å². The summed E-state index contributed by atoms with van der Waals surface area (Å²) >= 11 is 0. The molecule has 0 aliphatic carbocycles. The highest BCUT2D eigenvalue weighted by atomic mass is 15.2. The lowest BCUT2D eigenvalue weighted by molar-refractivity contribution is 0.506. The van der Waals surface area contributed by atoms with Crippen LogP contribution in [0.15, 0.2) is 388 Å². The van der Waals surface area contributed by atoms with Crippen molar-refractivity contribution in [2.75, 3.05) is 55.6 Å². The van der Waals surface area contributed by atoms with Crippen molar-refractivity contribution >= 4 is 90.4 Å². The third kappa shape index (κ3) is 17.0. The molecule has 0 fully saturated rings. The minimum absolute atomic E-state index is 0.184. The molecule has 0 saturated carbocycles. The fourth-order valence-electron chi connectivity index (χ4n) is 19.8. The van der Waals surface area contributed by atoms with Crippen LogP contribution in [0, 0.1) is 0 Å². The standard InChI is InChI=1S/C36H43N3.C32H27N.C29H27N.C28H25N/c1-7-26(6)27-16-18-28(19-17-27)39-35-22-20-29(37(8-2)9-3)24-33(35)31-14-12-13-15-32(31)34-25-30(21-23-36(34)39)38(10-4)11-5;1-3-22(2)23-16-18-26(19-17-23)33-31-14-8-6-12-27(31)29-20-24-10-4-5-11-25(24)21-30(29)28-13-7-9-15-32(28)33;1-4-29(2,3)21-17-19-22(20-18-21)30-27-15-9-7-13-25(27)23-11-5-6-12-24(23)26-14-8-10-16-28(26)30;1-3-20(2)21-16-18-22(19-17-21)29-27-14-8-6-12-25(27)23-10-4-5-11-24(23)26-13-7-9-15-28(26)29/h12-26H,7-11H2,1-6H3;4-22H,3H2,1-2H3;5-20H,4H2,1-3H3;4-20H,3H2,1-2H3. The van der Waals surface area contributed by atoms with Gasteiger partial charge in [0.1, 0.15) is 0 Å². The maximum Gasteiger partial charge on any atom is 0.0542 e. The summed E-state index contributed by atoms with van der Waals surface area (Å²) in [7, 11) is 0. The molecule has 0 amide bonds. The van der Waals surface area contributed by atoms with E-state index in [0.717, 1.165) is 51.9 Å². The van der Waals surface area contributed by atoms with Gasteiger partial charge in [-0.1, -0.05) is 317 Å². The fourth-order valence-corrected chi connectivity index (χ4v) is 19.8. The Balaban J connectivity index is 0.000000118. The summed E-state index contributed by atoms with van der Waals surface area (Å²) in [5, 5.41) is 2.55. The molecule has 652 valence electrons. The number of para-hydroxylation sites is 6. The van der Waals surface area contributed by atoms with E-state index in [0.29, 0.717) is 17.8 Å². The number of anilines is 14. The Labute approximate surface area is 779 Å². The summed E-state index contributed by atoms with van der Waals surface area (Å²) < 4.78 is 0. The quantitative estimate of drug-likeness (QED) is 0.0847. The molecule has 6 nitrogen and oxygen atoms in total. The molecule has 0 radical (unpaired) electrons. The van der Waals surface area contributed by atoms with Gasteiger partial charge < -0.3 is 29.4 Å². The summed E-state index contributed by atoms with van der Waals surface area (Å²) in [4.78, 5) is 14.6. The number of fused-ring (bicyclic) bond motifs is 21. The lowest BCUT2D eigenvalue weighted by Crippen LogP contribution is -2.22. The van der Waals surface area contributed by atoms with Crippen LogP contribution in [0.25, 0.3) is 99.8 Å². The molecule has 4 aliphatic heterocycles. The average Bonchev–Trinajstić information content (AvgIpc) is 1.62. The van der Waals surface area contributed by atoms with E-state index < -0.39 is 0 Å². The van der Waals surface area contributed by atoms with E-state index in [1.54, 1.807) is 0 Å². The molecule has 0 N–H and O–H groups in total. The summed E-state index contributed by atoms with van der Waals surface area (Å²) in [6.45, 7) is 33.5. The maximum absolute atomic E-state index is 2.48. The minimum atomic E-state index is 0.184. The smallest absolute Gasteiger partial charge is 0.0542 e. The van der Waals surface area contributed by atoms with Crippen molar-refractivity contribution in [1.82, 2.24) is 0 Å². The molecule has 17 aromatic rings. The fraction of sp³-hybridized carbons (Fsp3) is 0.200. The van der Waals surface area contributed by atoms with Crippen molar-refractivity contribution in [2.24, 2.45) is 0 Å². The summed E-state index contributed by atoms with van der Waals surface area (Å²) in [6, 6.07) is 143. The van der Waals surface area contributed by atoms with Crippen LogP contribution in [0.2, 0.25) is 0 Å². The predicted molar refractivity (Wildman–Crippen MR) is 566 cm³/mol. The number of hydrogen-bond acceptors (Lipinski definition) is 6. The van der Waals surface area contributed by atoms with Crippen LogP contribution >= 0.6 is 0 Å². The van der Waals surface area contributed by atoms with Gasteiger partial charge in [0, 0.05) is 105 Å². The Morgan fingerprint density at radius 1 is 0.214 bits per heavy atom. The van der Waals surface area contributed by atoms with Crippen LogP contribution in [0.4, 0.5) is 79.6 Å². The monoisotopic (exact) mass is 1710 g/mol. The second-order valence-corrected chi connectivity index (χ2v) is 36.1. The molecule has 0 bridgehead atoms. The first-order chi connectivity index (χ1) is 64.2. The van der Waals surface area contributed by atoms with Crippen LogP contribution in [-0.2, 0) is 5.41 Å². The van der Waals surface area contributed by atoms with Gasteiger partial charge >= 0.3 is 0 Å². The van der Waals surface area contributed by atoms with E-state index in [1.807, 2.05) is 0 Å². The predicted octanol–water partition coefficient (Wildman–Crippen LogP) is 36.3. The van der Waals surface area contributed by atoms with Gasteiger partial charge in [0.15, 0.2) is 0 Å². The highest BCUT2D eigenvalue weighted by Crippen LogP contribution is 2.57. The lowest BCUT2D eigenvalue weighted by atomic mass is 9.82. The van der Waals surface area contributed by atoms with Gasteiger partial charge in [-0.25, -0.2) is 0 Å². The van der Waals surface area contributed by atoms with Gasteiger partial charge in [-0.15, -0.1) is 0 Å². The molecule has 17 aromatic carbocycles. The Morgan fingerprint density at radius 3 is 0.672 bits per heavy atom. The molecular formula is C125H122N6. The van der Waals surface area contributed by atoms with Crippen molar-refractivity contribution in [3.8, 4) is 89.0 Å². The molecule has 3 atom stereocenters. The zero-order valence-corrected chi connectivity index (χ0v) is 78.5. The third-order valence-electron chi connectivity index (χ3n) is 28.3. The van der Waals surface area contributed by atoms with Crippen molar-refractivity contribution in [2.45, 2.75) is 139 Å². The normalized spacial score (nSPS) is 12.9. The summed E-state index contributed by atoms with van der Waals surface area (Å²) in [6.07, 6.45) is 4.57. The second-order valence-electron chi connectivity index (χ2n) is 36.1. The lowest BCUT2D eigenvalue weighted by Gasteiger charge is -2.30. The molecular weight excluding hydrogens is 1590 g/mol. The van der Waals surface area contributed by atoms with E-state index in [1.165, 1.54) is 202 Å². The first-order valence-electron chi connectivity index (χ1n) is 47.9. The number of benzene rings is 17. The van der Waals surface area contributed by atoms with Gasteiger partial charge in [-0.2, -0.15) is 0 Å². The van der Waals surface area contributed by atoms with Gasteiger partial charge in [0.2, 0.25) is 0 Å². The molecule has 0 saturated heterocycles. The number of rotatable bonds is 18. The SMILES string of the molecule is CCC(C)(C)c1ccc(N2c3ccccc3-c3ccccc3-c3ccccc32)cc1.CCC(C)c1ccc(N2c3ccc(N(CC)CC)cc3-c3ccccc3-c3cc(N(CC)CC)ccc32)cc1.CCC(C)c1ccc(N2c3ccccc3-c3cc4ccccc4cc3-c3ccccc32)cc1.CCC(C)c1ccc(N2c3ccccc3-c3ccccc3-c3ccccc32)cc1. The summed E-state index contributed by atoms with van der Waals surface area (Å²) in [5.41, 5.74) is 43.3. The Kier molecular flexibility index (Phi) is 25.8. The molecule has 0 spiro atoms. The second kappa shape index (κ2) is 38.6. The van der Waals surface area contributed by atoms with Gasteiger partial charge in [-0.3, -0.25) is 0 Å². The number of hydrogen-bond donors (Lipinski definition) is 0. The molecule has 21 rings (SSSR count). The molecule has 3 unspecified atom stereocenters. The van der Waals surface area contributed by atoms with Crippen LogP contribution in [-0.4, -0.2) is 26.2 Å². The van der Waals surface area contributed by atoms with Gasteiger partial charge in [0.25, 0.3) is 0 Å². The first kappa shape index (κ1) is 87.5. The van der Waals surface area contributed by atoms with Crippen LogP contribution in [0.5, 0.6) is 0 Å². The average molecular weight is 1710 g/mol. The Morgan fingerprint density at radius 2 is 0.427 bits per heavy atom. The molecule has 6 heteroatoms. The van der Waals surface area contributed by atoms with Crippen molar-refractivity contribution < 1.29 is 0 Å². The molecule has 131 heavy (non-hydrogen) atoms. The van der Waals surface area contributed by atoms with E-state index in [2.05, 4.69) is 508 Å². The van der Waals surface area contributed by atoms with E-state index in [-0.39, 0.29) is 5.41 Å². The van der Waals surface area contributed by atoms with Crippen LogP contribution in [0.1, 0.15) is 156 Å². The first-order valence-corrected chi connectivity index (χ1v) is 47.9. The van der Waals surface area contributed by atoms with Crippen LogP contribution < -0.4 is 29.4 Å². The van der Waals surface area contributed by atoms with Crippen molar-refractivity contribution in [3.05, 3.63) is 411 Å². The zero-order chi connectivity index (χ0) is 90.4. The molecule has 4 heterocycles. The van der Waals surface area contributed by atoms with E-state index in [9.17, 15) is 0 Å². The van der Waals surface area contributed by atoms with Gasteiger partial charge in [0.05, 0.1) is 45.5 Å². The summed E-state index contributed by atoms with van der Waals surface area (Å²) in [5.74, 6) is 1.71. The van der Waals surface area contributed by atoms with Crippen molar-refractivity contribution in [1.29, 1.82) is 0 Å². The van der Waals surface area contributed by atoms with Crippen molar-refractivity contribution in [3.63, 3.8) is 0 Å².